The van der Waals surface area contributed by atoms with Gasteiger partial charge in [-0.1, -0.05) is 31.6 Å². The molecule has 0 amide bonds. The summed E-state index contributed by atoms with van der Waals surface area (Å²) in [4.78, 5) is 37.2. The molecule has 4 aliphatic rings. The van der Waals surface area contributed by atoms with Crippen LogP contribution in [0.5, 0.6) is 0 Å². The van der Waals surface area contributed by atoms with E-state index in [1.807, 2.05) is 13.0 Å². The highest BCUT2D eigenvalue weighted by Crippen LogP contribution is 2.67. The molecule has 7 atom stereocenters. The molecule has 0 spiro atoms. The summed E-state index contributed by atoms with van der Waals surface area (Å²) in [6.07, 6.45) is 8.81. The molecule has 2 aromatic rings. The summed E-state index contributed by atoms with van der Waals surface area (Å²) >= 11 is 5.24. The lowest BCUT2D eigenvalue weighted by atomic mass is 9.45. The maximum atomic E-state index is 13.7. The second kappa shape index (κ2) is 7.63. The number of carbonyl (C=O) groups is 2. The normalized spacial score (nSPS) is 40.7. The standard InChI is InChI=1S/C26H32N4O4S/c1-24-7-5-15(31)9-14(24)3-4-16-17-6-8-26(34,25(17,2)10-18(32)20(16)24)19(33)11-30-13-29-21-22(30)27-12-28-23(21)35/h9,12-13,16-18,20,32,34H,3-8,10-11H2,1-2H3,(H,27,28,35)/t16-,17-,18-,20+,24-,25-,26-/m0/s1. The van der Waals surface area contributed by atoms with Crippen LogP contribution in [-0.4, -0.2) is 53.0 Å². The summed E-state index contributed by atoms with van der Waals surface area (Å²) in [6, 6.07) is 0. The molecule has 0 bridgehead atoms. The highest BCUT2D eigenvalue weighted by molar-refractivity contribution is 7.71. The molecule has 0 radical (unpaired) electrons. The number of aromatic nitrogens is 4. The molecule has 35 heavy (non-hydrogen) atoms. The van der Waals surface area contributed by atoms with E-state index < -0.39 is 17.1 Å². The number of hydrogen-bond donors (Lipinski definition) is 3. The second-order valence-corrected chi connectivity index (χ2v) is 12.1. The van der Waals surface area contributed by atoms with Crippen LogP contribution in [0.1, 0.15) is 58.8 Å². The van der Waals surface area contributed by atoms with E-state index in [0.717, 1.165) is 25.7 Å². The Labute approximate surface area is 208 Å². The number of allylic oxidation sites excluding steroid dienone is 1. The van der Waals surface area contributed by atoms with Crippen LogP contribution in [0.15, 0.2) is 24.3 Å². The number of nitrogens with one attached hydrogen (secondary N) is 1. The van der Waals surface area contributed by atoms with Gasteiger partial charge in [0, 0.05) is 11.8 Å². The van der Waals surface area contributed by atoms with Crippen LogP contribution in [0.2, 0.25) is 0 Å². The number of aliphatic hydroxyl groups excluding tert-OH is 1. The molecule has 6 rings (SSSR count). The number of rotatable bonds is 3. The first-order valence-electron chi connectivity index (χ1n) is 12.6. The van der Waals surface area contributed by atoms with Gasteiger partial charge in [0.2, 0.25) is 0 Å². The van der Waals surface area contributed by atoms with Crippen molar-refractivity contribution in [2.45, 2.75) is 77.0 Å². The summed E-state index contributed by atoms with van der Waals surface area (Å²) in [5, 5.41) is 23.5. The topological polar surface area (TPSA) is 121 Å². The molecule has 2 aromatic heterocycles. The number of hydrogen-bond acceptors (Lipinski definition) is 7. The number of imidazole rings is 1. The quantitative estimate of drug-likeness (QED) is 0.558. The SMILES string of the molecule is C[C@]12CCC(=O)C=C1CC[C@@H]1[C@@H]2[C@@H](O)C[C@@]2(C)[C@H]1CC[C@]2(O)C(=O)Cn1cnc2c(=S)nc[nH]c21. The third-order valence-electron chi connectivity index (χ3n) is 10.2. The monoisotopic (exact) mass is 496 g/mol. The van der Waals surface area contributed by atoms with Gasteiger partial charge in [-0.15, -0.1) is 0 Å². The summed E-state index contributed by atoms with van der Waals surface area (Å²) in [5.41, 5.74) is -0.109. The van der Waals surface area contributed by atoms with E-state index in [4.69, 9.17) is 12.2 Å². The maximum absolute atomic E-state index is 13.7. The van der Waals surface area contributed by atoms with Crippen LogP contribution in [0.25, 0.3) is 11.2 Å². The lowest BCUT2D eigenvalue weighted by Crippen LogP contribution is -2.62. The number of carbonyl (C=O) groups excluding carboxylic acids is 2. The first kappa shape index (κ1) is 23.2. The molecule has 2 heterocycles. The van der Waals surface area contributed by atoms with Crippen LogP contribution >= 0.6 is 12.2 Å². The molecule has 3 N–H and O–H groups in total. The molecule has 9 heteroatoms. The van der Waals surface area contributed by atoms with E-state index in [2.05, 4.69) is 21.9 Å². The minimum atomic E-state index is -1.52. The van der Waals surface area contributed by atoms with E-state index in [-0.39, 0.29) is 41.3 Å². The van der Waals surface area contributed by atoms with Crippen molar-refractivity contribution < 1.29 is 19.8 Å². The van der Waals surface area contributed by atoms with Gasteiger partial charge in [-0.2, -0.15) is 0 Å². The van der Waals surface area contributed by atoms with Gasteiger partial charge >= 0.3 is 0 Å². The molecule has 3 fully saturated rings. The fraction of sp³-hybridized carbons (Fsp3) is 0.654. The van der Waals surface area contributed by atoms with Gasteiger partial charge in [0.05, 0.1) is 25.3 Å². The summed E-state index contributed by atoms with van der Waals surface area (Å²) in [6.45, 7) is 4.19. The van der Waals surface area contributed by atoms with E-state index in [9.17, 15) is 19.8 Å². The summed E-state index contributed by atoms with van der Waals surface area (Å²) in [5.74, 6) is 0.355. The van der Waals surface area contributed by atoms with Crippen LogP contribution in [0.3, 0.4) is 0 Å². The van der Waals surface area contributed by atoms with Gasteiger partial charge in [0.15, 0.2) is 16.2 Å². The van der Waals surface area contributed by atoms with Gasteiger partial charge in [0.1, 0.15) is 16.8 Å². The predicted molar refractivity (Wildman–Crippen MR) is 131 cm³/mol. The molecule has 3 saturated carbocycles. The van der Waals surface area contributed by atoms with E-state index in [1.54, 1.807) is 10.9 Å². The van der Waals surface area contributed by atoms with Gasteiger partial charge in [-0.05, 0) is 67.8 Å². The van der Waals surface area contributed by atoms with E-state index in [0.29, 0.717) is 35.1 Å². The average Bonchev–Trinajstić information content (AvgIpc) is 3.34. The number of fused-ring (bicyclic) bond motifs is 6. The Morgan fingerprint density at radius 1 is 1.26 bits per heavy atom. The van der Waals surface area contributed by atoms with Crippen molar-refractivity contribution in [1.29, 1.82) is 0 Å². The molecule has 4 aliphatic carbocycles. The number of H-pyrrole nitrogens is 1. The average molecular weight is 497 g/mol. The number of Topliss-reactive ketones (excluding diaryl/α,β-unsaturated/α-hetero) is 1. The highest BCUT2D eigenvalue weighted by atomic mass is 32.1. The Morgan fingerprint density at radius 2 is 2.06 bits per heavy atom. The smallest absolute Gasteiger partial charge is 0.184 e. The first-order chi connectivity index (χ1) is 16.6. The van der Waals surface area contributed by atoms with Gasteiger partial charge < -0.3 is 19.8 Å². The molecule has 8 nitrogen and oxygen atoms in total. The lowest BCUT2D eigenvalue weighted by Gasteiger charge is -2.60. The third-order valence-corrected chi connectivity index (χ3v) is 10.5. The largest absolute Gasteiger partial charge is 0.393 e. The Hall–Kier alpha value is -2.23. The summed E-state index contributed by atoms with van der Waals surface area (Å²) < 4.78 is 2.05. The Balaban J connectivity index is 1.32. The lowest BCUT2D eigenvalue weighted by molar-refractivity contribution is -0.181. The second-order valence-electron chi connectivity index (χ2n) is 11.7. The van der Waals surface area contributed by atoms with Crippen LogP contribution < -0.4 is 0 Å². The maximum Gasteiger partial charge on any atom is 0.184 e. The van der Waals surface area contributed by atoms with Crippen molar-refractivity contribution in [3.63, 3.8) is 0 Å². The van der Waals surface area contributed by atoms with Gasteiger partial charge in [-0.25, -0.2) is 9.97 Å². The number of ketones is 2. The molecular formula is C26H32N4O4S. The van der Waals surface area contributed by atoms with Crippen LogP contribution in [0.4, 0.5) is 0 Å². The Bertz CT molecular complexity index is 1330. The van der Waals surface area contributed by atoms with Crippen molar-refractivity contribution in [2.75, 3.05) is 0 Å². The summed E-state index contributed by atoms with van der Waals surface area (Å²) in [7, 11) is 0. The van der Waals surface area contributed by atoms with E-state index in [1.165, 1.54) is 11.9 Å². The van der Waals surface area contributed by atoms with Crippen molar-refractivity contribution in [3.8, 4) is 0 Å². The predicted octanol–water partition coefficient (Wildman–Crippen LogP) is 3.29. The molecule has 0 aromatic carbocycles. The number of aliphatic hydroxyl groups is 2. The van der Waals surface area contributed by atoms with Crippen molar-refractivity contribution in [2.24, 2.45) is 28.6 Å². The Kier molecular flexibility index (Phi) is 5.06. The number of nitrogens with zero attached hydrogens (tertiary/aromatic N) is 3. The third kappa shape index (κ3) is 3.07. The zero-order valence-electron chi connectivity index (χ0n) is 20.2. The van der Waals surface area contributed by atoms with Crippen molar-refractivity contribution in [1.82, 2.24) is 19.5 Å². The molecule has 0 saturated heterocycles. The minimum Gasteiger partial charge on any atom is -0.393 e. The van der Waals surface area contributed by atoms with Crippen LogP contribution in [-0.2, 0) is 16.1 Å². The highest BCUT2D eigenvalue weighted by Gasteiger charge is 2.68. The molecule has 0 unspecified atom stereocenters. The molecule has 0 aliphatic heterocycles. The zero-order valence-corrected chi connectivity index (χ0v) is 21.0. The first-order valence-corrected chi connectivity index (χ1v) is 13.1. The fourth-order valence-corrected chi connectivity index (χ4v) is 8.66. The molecular weight excluding hydrogens is 464 g/mol. The molecule has 186 valence electrons. The number of aromatic amines is 1. The van der Waals surface area contributed by atoms with Gasteiger partial charge in [0.25, 0.3) is 0 Å². The van der Waals surface area contributed by atoms with Crippen molar-refractivity contribution in [3.05, 3.63) is 28.9 Å². The van der Waals surface area contributed by atoms with Gasteiger partial charge in [-0.3, -0.25) is 9.59 Å². The van der Waals surface area contributed by atoms with E-state index >= 15 is 0 Å². The fourth-order valence-electron chi connectivity index (χ4n) is 8.46. The Morgan fingerprint density at radius 3 is 2.86 bits per heavy atom. The van der Waals surface area contributed by atoms with Crippen molar-refractivity contribution >= 4 is 34.9 Å². The van der Waals surface area contributed by atoms with Crippen LogP contribution in [0, 0.1) is 33.2 Å². The zero-order chi connectivity index (χ0) is 24.8. The minimum absolute atomic E-state index is 0.0263.